The van der Waals surface area contributed by atoms with Gasteiger partial charge in [-0.15, -0.1) is 11.3 Å². The lowest BCUT2D eigenvalue weighted by Crippen LogP contribution is -2.44. The zero-order valence-electron chi connectivity index (χ0n) is 12.6. The zero-order valence-corrected chi connectivity index (χ0v) is 13.4. The van der Waals surface area contributed by atoms with Crippen LogP contribution < -0.4 is 5.32 Å². The number of hydrogen-bond acceptors (Lipinski definition) is 4. The van der Waals surface area contributed by atoms with Crippen molar-refractivity contribution in [3.63, 3.8) is 0 Å². The highest BCUT2D eigenvalue weighted by molar-refractivity contribution is 7.11. The summed E-state index contributed by atoms with van der Waals surface area (Å²) in [5, 5.41) is 4.93. The Morgan fingerprint density at radius 1 is 1.37 bits per heavy atom. The van der Waals surface area contributed by atoms with E-state index in [9.17, 15) is 0 Å². The largest absolute Gasteiger partial charge is 0.385 e. The summed E-state index contributed by atoms with van der Waals surface area (Å²) in [4.78, 5) is 6.44. The topological polar surface area (TPSA) is 34.1 Å². The number of nitrogens with zero attached hydrogens (tertiary/aromatic N) is 1. The van der Waals surface area contributed by atoms with Crippen LogP contribution in [0.15, 0.2) is 0 Å². The summed E-state index contributed by atoms with van der Waals surface area (Å²) >= 11 is 1.91. The van der Waals surface area contributed by atoms with Crippen LogP contribution in [-0.2, 0) is 23.1 Å². The lowest BCUT2D eigenvalue weighted by molar-refractivity contribution is 0.155. The lowest BCUT2D eigenvalue weighted by atomic mass is 9.97. The minimum absolute atomic E-state index is 0.0633. The zero-order chi connectivity index (χ0) is 13.9. The van der Waals surface area contributed by atoms with Crippen molar-refractivity contribution in [2.45, 2.75) is 64.5 Å². The van der Waals surface area contributed by atoms with Crippen LogP contribution in [0.1, 0.15) is 55.6 Å². The van der Waals surface area contributed by atoms with Crippen molar-refractivity contribution in [3.8, 4) is 0 Å². The van der Waals surface area contributed by atoms with E-state index in [1.165, 1.54) is 34.8 Å². The number of nitrogens with one attached hydrogen (secondary N) is 1. The fourth-order valence-electron chi connectivity index (χ4n) is 2.77. The molecular formula is C15H26N2OS. The molecule has 0 aliphatic heterocycles. The van der Waals surface area contributed by atoms with Crippen LogP contribution in [0.5, 0.6) is 0 Å². The third-order valence-corrected chi connectivity index (χ3v) is 5.15. The third-order valence-electron chi connectivity index (χ3n) is 3.73. The van der Waals surface area contributed by atoms with E-state index in [1.54, 1.807) is 7.11 Å². The first-order chi connectivity index (χ1) is 9.05. The Hall–Kier alpha value is -0.450. The van der Waals surface area contributed by atoms with Gasteiger partial charge in [0, 0.05) is 24.6 Å². The Bertz CT molecular complexity index is 393. The molecule has 1 unspecified atom stereocenters. The molecule has 0 spiro atoms. The van der Waals surface area contributed by atoms with Crippen molar-refractivity contribution in [2.75, 3.05) is 13.7 Å². The van der Waals surface area contributed by atoms with E-state index in [1.807, 2.05) is 11.3 Å². The predicted octanol–water partition coefficient (Wildman–Crippen LogP) is 3.27. The molecule has 2 rings (SSSR count). The van der Waals surface area contributed by atoms with Gasteiger partial charge in [-0.2, -0.15) is 0 Å². The molecule has 108 valence electrons. The fourth-order valence-corrected chi connectivity index (χ4v) is 4.06. The van der Waals surface area contributed by atoms with Crippen LogP contribution in [0.2, 0.25) is 0 Å². The van der Waals surface area contributed by atoms with E-state index in [0.29, 0.717) is 6.04 Å². The van der Waals surface area contributed by atoms with Gasteiger partial charge in [0.25, 0.3) is 0 Å². The minimum atomic E-state index is -0.0633. The molecule has 0 saturated carbocycles. The lowest BCUT2D eigenvalue weighted by Gasteiger charge is -2.31. The molecule has 1 aromatic rings. The van der Waals surface area contributed by atoms with Crippen LogP contribution in [0.3, 0.4) is 0 Å². The summed E-state index contributed by atoms with van der Waals surface area (Å²) in [5.74, 6) is 0. The molecule has 1 aromatic heterocycles. The monoisotopic (exact) mass is 282 g/mol. The molecule has 1 N–H and O–H groups in total. The molecule has 0 amide bonds. The maximum atomic E-state index is 5.28. The fraction of sp³-hybridized carbons (Fsp3) is 0.800. The Morgan fingerprint density at radius 2 is 2.11 bits per heavy atom. The third kappa shape index (κ3) is 3.56. The first-order valence-electron chi connectivity index (χ1n) is 7.31. The van der Waals surface area contributed by atoms with Crippen LogP contribution in [0, 0.1) is 0 Å². The normalized spacial score (nSPS) is 18.4. The number of methoxy groups -OCH3 is 1. The Balaban J connectivity index is 2.23. The van der Waals surface area contributed by atoms with Crippen molar-refractivity contribution in [2.24, 2.45) is 0 Å². The molecule has 0 bridgehead atoms. The summed E-state index contributed by atoms with van der Waals surface area (Å²) in [6.07, 6.45) is 5.96. The molecule has 0 radical (unpaired) electrons. The summed E-state index contributed by atoms with van der Waals surface area (Å²) < 4.78 is 5.28. The molecule has 3 nitrogen and oxygen atoms in total. The van der Waals surface area contributed by atoms with Crippen LogP contribution >= 0.6 is 11.3 Å². The predicted molar refractivity (Wildman–Crippen MR) is 80.9 cm³/mol. The first-order valence-corrected chi connectivity index (χ1v) is 8.12. The molecule has 1 aliphatic rings. The average Bonchev–Trinajstić information content (AvgIpc) is 2.80. The molecule has 0 aromatic carbocycles. The van der Waals surface area contributed by atoms with Crippen molar-refractivity contribution in [1.82, 2.24) is 10.3 Å². The highest BCUT2D eigenvalue weighted by Gasteiger charge is 2.31. The number of aromatic nitrogens is 1. The smallest absolute Gasteiger partial charge is 0.113 e. The summed E-state index contributed by atoms with van der Waals surface area (Å²) in [6, 6.07) is 0.447. The van der Waals surface area contributed by atoms with Gasteiger partial charge in [0.2, 0.25) is 0 Å². The van der Waals surface area contributed by atoms with Gasteiger partial charge in [0.05, 0.1) is 11.2 Å². The number of rotatable bonds is 6. The number of ether oxygens (including phenoxy) is 1. The summed E-state index contributed by atoms with van der Waals surface area (Å²) in [7, 11) is 1.77. The van der Waals surface area contributed by atoms with Crippen LogP contribution in [-0.4, -0.2) is 24.7 Å². The van der Waals surface area contributed by atoms with E-state index < -0.39 is 0 Å². The second-order valence-corrected chi connectivity index (χ2v) is 7.05. The molecule has 0 saturated heterocycles. The van der Waals surface area contributed by atoms with E-state index in [0.717, 1.165) is 19.4 Å². The first kappa shape index (κ1) is 14.9. The number of aryl methyl sites for hydroxylation is 2. The van der Waals surface area contributed by atoms with Gasteiger partial charge < -0.3 is 10.1 Å². The molecule has 0 fully saturated rings. The summed E-state index contributed by atoms with van der Waals surface area (Å²) in [6.45, 7) is 7.41. The van der Waals surface area contributed by atoms with Crippen LogP contribution in [0.25, 0.3) is 0 Å². The molecule has 4 heteroatoms. The Labute approximate surface area is 120 Å². The van der Waals surface area contributed by atoms with Gasteiger partial charge >= 0.3 is 0 Å². The van der Waals surface area contributed by atoms with Crippen molar-refractivity contribution in [1.29, 1.82) is 0 Å². The molecule has 1 aliphatic carbocycles. The highest BCUT2D eigenvalue weighted by atomic mass is 32.1. The van der Waals surface area contributed by atoms with Gasteiger partial charge in [-0.3, -0.25) is 0 Å². The van der Waals surface area contributed by atoms with Crippen molar-refractivity contribution in [3.05, 3.63) is 15.6 Å². The van der Waals surface area contributed by atoms with E-state index in [-0.39, 0.29) is 5.54 Å². The van der Waals surface area contributed by atoms with E-state index >= 15 is 0 Å². The molecule has 19 heavy (non-hydrogen) atoms. The standard InChI is InChI=1S/C15H26N2OS/c1-11(2)17-15(3,9-10-18-4)14-16-12-7-5-6-8-13(12)19-14/h11,17H,5-10H2,1-4H3. The van der Waals surface area contributed by atoms with E-state index in [4.69, 9.17) is 9.72 Å². The summed E-state index contributed by atoms with van der Waals surface area (Å²) in [5.41, 5.74) is 1.28. The van der Waals surface area contributed by atoms with Gasteiger partial charge in [-0.05, 0) is 52.9 Å². The van der Waals surface area contributed by atoms with Gasteiger partial charge in [0.15, 0.2) is 0 Å². The number of hydrogen-bond donors (Lipinski definition) is 1. The second-order valence-electron chi connectivity index (χ2n) is 5.97. The van der Waals surface area contributed by atoms with E-state index in [2.05, 4.69) is 26.1 Å². The Kier molecular flexibility index (Phi) is 4.98. The maximum Gasteiger partial charge on any atom is 0.113 e. The molecule has 1 heterocycles. The minimum Gasteiger partial charge on any atom is -0.385 e. The van der Waals surface area contributed by atoms with Gasteiger partial charge in [0.1, 0.15) is 5.01 Å². The van der Waals surface area contributed by atoms with Crippen LogP contribution in [0.4, 0.5) is 0 Å². The quantitative estimate of drug-likeness (QED) is 0.869. The van der Waals surface area contributed by atoms with Crippen molar-refractivity contribution < 1.29 is 4.74 Å². The highest BCUT2D eigenvalue weighted by Crippen LogP contribution is 2.34. The van der Waals surface area contributed by atoms with Crippen molar-refractivity contribution >= 4 is 11.3 Å². The molecule has 1 atom stereocenters. The average molecular weight is 282 g/mol. The van der Waals surface area contributed by atoms with Gasteiger partial charge in [-0.25, -0.2) is 4.98 Å². The van der Waals surface area contributed by atoms with Gasteiger partial charge in [-0.1, -0.05) is 0 Å². The Morgan fingerprint density at radius 3 is 2.74 bits per heavy atom. The number of fused-ring (bicyclic) bond motifs is 1. The maximum absolute atomic E-state index is 5.28. The molecular weight excluding hydrogens is 256 g/mol. The second kappa shape index (κ2) is 6.33. The SMILES string of the molecule is COCCC(C)(NC(C)C)c1nc2c(s1)CCCC2. The number of thiazole rings is 1.